The van der Waals surface area contributed by atoms with Crippen molar-refractivity contribution in [3.05, 3.63) is 16.4 Å². The van der Waals surface area contributed by atoms with Crippen LogP contribution in [0.4, 0.5) is 13.2 Å². The number of halogens is 4. The van der Waals surface area contributed by atoms with Gasteiger partial charge in [0.15, 0.2) is 5.15 Å². The van der Waals surface area contributed by atoms with Gasteiger partial charge in [-0.3, -0.25) is 4.68 Å². The second-order valence-corrected chi connectivity index (χ2v) is 4.74. The van der Waals surface area contributed by atoms with Gasteiger partial charge < -0.3 is 0 Å². The summed E-state index contributed by atoms with van der Waals surface area (Å²) in [6.45, 7) is 5.02. The van der Waals surface area contributed by atoms with Gasteiger partial charge in [-0.1, -0.05) is 32.4 Å². The van der Waals surface area contributed by atoms with Gasteiger partial charge in [-0.25, -0.2) is 0 Å². The van der Waals surface area contributed by atoms with Crippen molar-refractivity contribution in [2.24, 2.45) is 7.05 Å². The summed E-state index contributed by atoms with van der Waals surface area (Å²) in [5, 5.41) is 3.52. The molecule has 1 aromatic rings. The molecule has 86 valence electrons. The first kappa shape index (κ1) is 12.4. The quantitative estimate of drug-likeness (QED) is 0.680. The molecule has 0 bridgehead atoms. The molecule has 0 atom stereocenters. The number of aryl methyl sites for hydroxylation is 1. The third-order valence-electron chi connectivity index (χ3n) is 2.02. The molecule has 0 N–H and O–H groups in total. The average Bonchev–Trinajstić information content (AvgIpc) is 2.22. The minimum Gasteiger partial charge on any atom is -0.262 e. The Morgan fingerprint density at radius 2 is 1.67 bits per heavy atom. The summed E-state index contributed by atoms with van der Waals surface area (Å²) in [5.41, 5.74) is -1.42. The van der Waals surface area contributed by atoms with Gasteiger partial charge in [0.25, 0.3) is 0 Å². The van der Waals surface area contributed by atoms with Crippen LogP contribution in [0.15, 0.2) is 0 Å². The Bertz CT molecular complexity index is 339. The molecule has 15 heavy (non-hydrogen) atoms. The third-order valence-corrected chi connectivity index (χ3v) is 2.29. The van der Waals surface area contributed by atoms with Gasteiger partial charge in [0, 0.05) is 12.6 Å². The highest BCUT2D eigenvalue weighted by molar-refractivity contribution is 6.30. The molecule has 1 rings (SSSR count). The molecule has 0 saturated carbocycles. The van der Waals surface area contributed by atoms with E-state index < -0.39 is 17.3 Å². The molecule has 0 aliphatic rings. The average molecular weight is 241 g/mol. The molecule has 0 radical (unpaired) electrons. The molecule has 0 aliphatic carbocycles. The van der Waals surface area contributed by atoms with Crippen LogP contribution in [0, 0.1) is 0 Å². The molecule has 1 aromatic heterocycles. The van der Waals surface area contributed by atoms with Crippen molar-refractivity contribution in [2.75, 3.05) is 0 Å². The lowest BCUT2D eigenvalue weighted by atomic mass is 9.87. The van der Waals surface area contributed by atoms with Gasteiger partial charge >= 0.3 is 6.18 Å². The highest BCUT2D eigenvalue weighted by Gasteiger charge is 2.42. The normalized spacial score (nSPS) is 13.3. The van der Waals surface area contributed by atoms with Crippen LogP contribution in [0.3, 0.4) is 0 Å². The van der Waals surface area contributed by atoms with Crippen LogP contribution in [0.1, 0.15) is 32.0 Å². The zero-order chi connectivity index (χ0) is 12.0. The van der Waals surface area contributed by atoms with E-state index in [2.05, 4.69) is 5.10 Å². The first-order chi connectivity index (χ1) is 6.55. The number of nitrogens with zero attached hydrogens (tertiary/aromatic N) is 2. The Labute approximate surface area is 91.0 Å². The van der Waals surface area contributed by atoms with Crippen molar-refractivity contribution in [1.82, 2.24) is 9.78 Å². The highest BCUT2D eigenvalue weighted by Crippen LogP contribution is 2.40. The highest BCUT2D eigenvalue weighted by atomic mass is 35.5. The predicted octanol–water partition coefficient (Wildman–Crippen LogP) is 3.39. The Balaban J connectivity index is 3.51. The SMILES string of the molecule is Cn1nc(Cl)c(C(C)(C)C)c1C(F)(F)F. The topological polar surface area (TPSA) is 17.8 Å². The van der Waals surface area contributed by atoms with Crippen molar-refractivity contribution in [2.45, 2.75) is 32.4 Å². The lowest BCUT2D eigenvalue weighted by molar-refractivity contribution is -0.144. The Kier molecular flexibility index (Phi) is 2.80. The summed E-state index contributed by atoms with van der Waals surface area (Å²) in [7, 11) is 1.24. The van der Waals surface area contributed by atoms with Crippen LogP contribution < -0.4 is 0 Å². The van der Waals surface area contributed by atoms with E-state index in [-0.39, 0.29) is 10.7 Å². The summed E-state index contributed by atoms with van der Waals surface area (Å²) in [6.07, 6.45) is -4.43. The zero-order valence-corrected chi connectivity index (χ0v) is 9.66. The second kappa shape index (κ2) is 3.40. The Hall–Kier alpha value is -0.710. The second-order valence-electron chi connectivity index (χ2n) is 4.39. The monoisotopic (exact) mass is 240 g/mol. The largest absolute Gasteiger partial charge is 0.433 e. The Morgan fingerprint density at radius 1 is 1.20 bits per heavy atom. The molecule has 2 nitrogen and oxygen atoms in total. The fourth-order valence-corrected chi connectivity index (χ4v) is 1.97. The van der Waals surface area contributed by atoms with Gasteiger partial charge in [-0.05, 0) is 5.41 Å². The minimum absolute atomic E-state index is 0.0409. The number of alkyl halides is 3. The maximum absolute atomic E-state index is 12.7. The van der Waals surface area contributed by atoms with Crippen LogP contribution in [0.25, 0.3) is 0 Å². The van der Waals surface area contributed by atoms with Crippen LogP contribution in [-0.4, -0.2) is 9.78 Å². The van der Waals surface area contributed by atoms with E-state index in [9.17, 15) is 13.2 Å². The lowest BCUT2D eigenvalue weighted by Gasteiger charge is -2.20. The molecule has 0 saturated heterocycles. The fraction of sp³-hybridized carbons (Fsp3) is 0.667. The molecule has 0 spiro atoms. The molecule has 1 heterocycles. The lowest BCUT2D eigenvalue weighted by Crippen LogP contribution is -2.21. The Morgan fingerprint density at radius 3 is 1.93 bits per heavy atom. The number of hydrogen-bond donors (Lipinski definition) is 0. The molecule has 0 aliphatic heterocycles. The summed E-state index contributed by atoms with van der Waals surface area (Å²) < 4.78 is 39.0. The van der Waals surface area contributed by atoms with Crippen molar-refractivity contribution in [1.29, 1.82) is 0 Å². The van der Waals surface area contributed by atoms with E-state index in [0.29, 0.717) is 0 Å². The van der Waals surface area contributed by atoms with Crippen molar-refractivity contribution < 1.29 is 13.2 Å². The van der Waals surface area contributed by atoms with Crippen molar-refractivity contribution in [3.63, 3.8) is 0 Å². The molecule has 0 aromatic carbocycles. The van der Waals surface area contributed by atoms with E-state index in [1.807, 2.05) is 0 Å². The first-order valence-electron chi connectivity index (χ1n) is 4.35. The molecular formula is C9H12ClF3N2. The molecule has 0 unspecified atom stereocenters. The summed E-state index contributed by atoms with van der Waals surface area (Å²) in [4.78, 5) is 0. The summed E-state index contributed by atoms with van der Waals surface area (Å²) >= 11 is 5.71. The van der Waals surface area contributed by atoms with Crippen LogP contribution >= 0.6 is 11.6 Å². The van der Waals surface area contributed by atoms with Gasteiger partial charge in [0.2, 0.25) is 0 Å². The third kappa shape index (κ3) is 2.27. The van der Waals surface area contributed by atoms with Crippen LogP contribution in [0.2, 0.25) is 5.15 Å². The predicted molar refractivity (Wildman–Crippen MR) is 51.9 cm³/mol. The maximum Gasteiger partial charge on any atom is 0.433 e. The number of aromatic nitrogens is 2. The van der Waals surface area contributed by atoms with Gasteiger partial charge in [-0.2, -0.15) is 18.3 Å². The standard InChI is InChI=1S/C9H12ClF3N2/c1-8(2,3)5-6(9(11,12)13)15(4)14-7(5)10/h1-4H3. The first-order valence-corrected chi connectivity index (χ1v) is 4.73. The fourth-order valence-electron chi connectivity index (χ4n) is 1.48. The van der Waals surface area contributed by atoms with E-state index in [4.69, 9.17) is 11.6 Å². The molecular weight excluding hydrogens is 229 g/mol. The summed E-state index contributed by atoms with van der Waals surface area (Å²) in [6, 6.07) is 0. The molecule has 0 fully saturated rings. The van der Waals surface area contributed by atoms with Crippen LogP contribution in [0.5, 0.6) is 0 Å². The minimum atomic E-state index is -4.43. The zero-order valence-electron chi connectivity index (χ0n) is 8.91. The van der Waals surface area contributed by atoms with Gasteiger partial charge in [0.05, 0.1) is 0 Å². The smallest absolute Gasteiger partial charge is 0.262 e. The van der Waals surface area contributed by atoms with Crippen molar-refractivity contribution >= 4 is 11.6 Å². The molecule has 0 amide bonds. The van der Waals surface area contributed by atoms with Crippen LogP contribution in [-0.2, 0) is 18.6 Å². The van der Waals surface area contributed by atoms with Crippen molar-refractivity contribution in [3.8, 4) is 0 Å². The molecule has 6 heteroatoms. The number of hydrogen-bond acceptors (Lipinski definition) is 1. The van der Waals surface area contributed by atoms with Gasteiger partial charge in [-0.15, -0.1) is 0 Å². The van der Waals surface area contributed by atoms with E-state index in [1.165, 1.54) is 7.05 Å². The maximum atomic E-state index is 12.7. The van der Waals surface area contributed by atoms with E-state index in [0.717, 1.165) is 4.68 Å². The number of rotatable bonds is 0. The van der Waals surface area contributed by atoms with Gasteiger partial charge in [0.1, 0.15) is 5.69 Å². The van der Waals surface area contributed by atoms with E-state index in [1.54, 1.807) is 20.8 Å². The summed E-state index contributed by atoms with van der Waals surface area (Å²) in [5.74, 6) is 0. The van der Waals surface area contributed by atoms with E-state index >= 15 is 0 Å².